The van der Waals surface area contributed by atoms with Gasteiger partial charge < -0.3 is 16.4 Å². The molecule has 0 spiro atoms. The van der Waals surface area contributed by atoms with Crippen LogP contribution in [0.4, 0.5) is 0 Å². The molecule has 5 nitrogen and oxygen atoms in total. The van der Waals surface area contributed by atoms with Gasteiger partial charge in [0.1, 0.15) is 0 Å². The van der Waals surface area contributed by atoms with E-state index in [1.54, 1.807) is 0 Å². The van der Waals surface area contributed by atoms with Crippen molar-refractivity contribution in [2.75, 3.05) is 13.1 Å². The molecule has 1 rings (SSSR count). The highest BCUT2D eigenvalue weighted by Gasteiger charge is 2.23. The fraction of sp³-hybridized carbons (Fsp3) is 0.857. The Bertz CT molecular complexity index is 305. The zero-order valence-corrected chi connectivity index (χ0v) is 12.1. The number of carbonyl (C=O) groups excluding carboxylic acids is 2. The van der Waals surface area contributed by atoms with E-state index >= 15 is 0 Å². The smallest absolute Gasteiger partial charge is 0.222 e. The summed E-state index contributed by atoms with van der Waals surface area (Å²) in [6.07, 6.45) is 4.96. The Kier molecular flexibility index (Phi) is 6.84. The lowest BCUT2D eigenvalue weighted by Crippen LogP contribution is -2.39. The van der Waals surface area contributed by atoms with Crippen LogP contribution >= 0.6 is 0 Å². The molecule has 0 saturated heterocycles. The maximum Gasteiger partial charge on any atom is 0.222 e. The van der Waals surface area contributed by atoms with E-state index < -0.39 is 0 Å². The predicted octanol–water partition coefficient (Wildman–Crippen LogP) is 0.782. The summed E-state index contributed by atoms with van der Waals surface area (Å²) in [5.41, 5.74) is 6.02. The highest BCUT2D eigenvalue weighted by molar-refractivity contribution is 5.78. The van der Waals surface area contributed by atoms with Crippen molar-refractivity contribution in [1.82, 2.24) is 10.6 Å². The van der Waals surface area contributed by atoms with Crippen molar-refractivity contribution >= 4 is 11.8 Å². The maximum atomic E-state index is 11.8. The third kappa shape index (κ3) is 6.05. The second-order valence-electron chi connectivity index (χ2n) is 5.71. The van der Waals surface area contributed by atoms with Crippen LogP contribution in [0.1, 0.15) is 46.0 Å². The van der Waals surface area contributed by atoms with Crippen molar-refractivity contribution in [3.05, 3.63) is 0 Å². The molecule has 0 aromatic carbocycles. The van der Waals surface area contributed by atoms with Gasteiger partial charge in [-0.3, -0.25) is 9.59 Å². The van der Waals surface area contributed by atoms with Gasteiger partial charge in [-0.2, -0.15) is 0 Å². The molecular weight excluding hydrogens is 242 g/mol. The summed E-state index contributed by atoms with van der Waals surface area (Å²) >= 11 is 0. The summed E-state index contributed by atoms with van der Waals surface area (Å²) in [5.74, 6) is 0.361. The number of nitrogens with two attached hydrogens (primary N) is 1. The molecule has 2 unspecified atom stereocenters. The Hall–Kier alpha value is -1.10. The lowest BCUT2D eigenvalue weighted by atomic mass is 9.83. The molecule has 1 fully saturated rings. The highest BCUT2D eigenvalue weighted by atomic mass is 16.2. The Morgan fingerprint density at radius 3 is 2.42 bits per heavy atom. The number of hydrogen-bond acceptors (Lipinski definition) is 3. The van der Waals surface area contributed by atoms with E-state index in [9.17, 15) is 9.59 Å². The average molecular weight is 269 g/mol. The fourth-order valence-electron chi connectivity index (χ4n) is 2.39. The van der Waals surface area contributed by atoms with Crippen LogP contribution in [-0.2, 0) is 9.59 Å². The van der Waals surface area contributed by atoms with E-state index in [1.807, 2.05) is 13.8 Å². The van der Waals surface area contributed by atoms with Crippen molar-refractivity contribution in [2.45, 2.75) is 52.0 Å². The van der Waals surface area contributed by atoms with Crippen molar-refractivity contribution in [2.24, 2.45) is 17.6 Å². The number of amides is 2. The molecule has 110 valence electrons. The number of rotatable bonds is 6. The van der Waals surface area contributed by atoms with Crippen LogP contribution in [0.25, 0.3) is 0 Å². The van der Waals surface area contributed by atoms with Crippen LogP contribution in [0.2, 0.25) is 0 Å². The molecule has 0 aromatic heterocycles. The largest absolute Gasteiger partial charge is 0.354 e. The highest BCUT2D eigenvalue weighted by Crippen LogP contribution is 2.25. The van der Waals surface area contributed by atoms with Gasteiger partial charge in [-0.25, -0.2) is 0 Å². The minimum Gasteiger partial charge on any atom is -0.354 e. The molecule has 0 aliphatic heterocycles. The third-order valence-corrected chi connectivity index (χ3v) is 3.69. The quantitative estimate of drug-likeness (QED) is 0.623. The molecule has 2 amide bonds. The first-order valence-electron chi connectivity index (χ1n) is 7.30. The lowest BCUT2D eigenvalue weighted by Gasteiger charge is -2.27. The van der Waals surface area contributed by atoms with Crippen LogP contribution in [0.3, 0.4) is 0 Å². The number of hydrogen-bond donors (Lipinski definition) is 3. The SMILES string of the molecule is CC(C)C(=O)NCCNC(=O)CC1CCCCC1N. The molecule has 0 bridgehead atoms. The van der Waals surface area contributed by atoms with E-state index in [0.29, 0.717) is 25.4 Å². The van der Waals surface area contributed by atoms with Gasteiger partial charge in [0.2, 0.25) is 11.8 Å². The van der Waals surface area contributed by atoms with Gasteiger partial charge in [0, 0.05) is 31.5 Å². The van der Waals surface area contributed by atoms with E-state index in [4.69, 9.17) is 5.73 Å². The second kappa shape index (κ2) is 8.15. The first kappa shape index (κ1) is 16.0. The van der Waals surface area contributed by atoms with Gasteiger partial charge in [-0.05, 0) is 18.8 Å². The molecular formula is C14H27N3O2. The van der Waals surface area contributed by atoms with Crippen molar-refractivity contribution < 1.29 is 9.59 Å². The van der Waals surface area contributed by atoms with Gasteiger partial charge >= 0.3 is 0 Å². The van der Waals surface area contributed by atoms with Gasteiger partial charge in [-0.15, -0.1) is 0 Å². The minimum absolute atomic E-state index is 0.0172. The topological polar surface area (TPSA) is 84.2 Å². The van der Waals surface area contributed by atoms with Gasteiger partial charge in [-0.1, -0.05) is 26.7 Å². The molecule has 1 aliphatic rings. The molecule has 2 atom stereocenters. The number of nitrogens with one attached hydrogen (secondary N) is 2. The van der Waals surface area contributed by atoms with Crippen molar-refractivity contribution in [3.8, 4) is 0 Å². The maximum absolute atomic E-state index is 11.8. The molecule has 0 heterocycles. The van der Waals surface area contributed by atoms with E-state index in [1.165, 1.54) is 12.8 Å². The summed E-state index contributed by atoms with van der Waals surface area (Å²) in [6, 6.07) is 0.167. The summed E-state index contributed by atoms with van der Waals surface area (Å²) in [6.45, 7) is 4.66. The predicted molar refractivity (Wildman–Crippen MR) is 75.4 cm³/mol. The Balaban J connectivity index is 2.12. The summed E-state index contributed by atoms with van der Waals surface area (Å²) < 4.78 is 0. The summed E-state index contributed by atoms with van der Waals surface area (Å²) in [5, 5.41) is 5.61. The first-order chi connectivity index (χ1) is 9.00. The van der Waals surface area contributed by atoms with Crippen LogP contribution in [0.5, 0.6) is 0 Å². The fourth-order valence-corrected chi connectivity index (χ4v) is 2.39. The minimum atomic E-state index is -0.0176. The van der Waals surface area contributed by atoms with Gasteiger partial charge in [0.25, 0.3) is 0 Å². The second-order valence-corrected chi connectivity index (χ2v) is 5.71. The van der Waals surface area contributed by atoms with Crippen LogP contribution in [0, 0.1) is 11.8 Å². The molecule has 0 radical (unpaired) electrons. The zero-order chi connectivity index (χ0) is 14.3. The molecule has 19 heavy (non-hydrogen) atoms. The van der Waals surface area contributed by atoms with Gasteiger partial charge in [0.15, 0.2) is 0 Å². The lowest BCUT2D eigenvalue weighted by molar-refractivity contribution is -0.125. The zero-order valence-electron chi connectivity index (χ0n) is 12.1. The molecule has 5 heteroatoms. The Morgan fingerprint density at radius 2 is 1.79 bits per heavy atom. The van der Waals surface area contributed by atoms with Crippen molar-refractivity contribution in [3.63, 3.8) is 0 Å². The van der Waals surface area contributed by atoms with Gasteiger partial charge in [0.05, 0.1) is 0 Å². The number of carbonyl (C=O) groups is 2. The molecule has 1 saturated carbocycles. The Morgan fingerprint density at radius 1 is 1.16 bits per heavy atom. The summed E-state index contributed by atoms with van der Waals surface area (Å²) in [4.78, 5) is 23.1. The monoisotopic (exact) mass is 269 g/mol. The van der Waals surface area contributed by atoms with E-state index in [0.717, 1.165) is 12.8 Å². The van der Waals surface area contributed by atoms with E-state index in [-0.39, 0.29) is 23.8 Å². The molecule has 0 aromatic rings. The standard InChI is InChI=1S/C14H27N3O2/c1-10(2)14(19)17-8-7-16-13(18)9-11-5-3-4-6-12(11)15/h10-12H,3-9,15H2,1-2H3,(H,16,18)(H,17,19). The Labute approximate surface area is 115 Å². The van der Waals surface area contributed by atoms with Crippen LogP contribution in [-0.4, -0.2) is 30.9 Å². The molecule has 4 N–H and O–H groups in total. The van der Waals surface area contributed by atoms with E-state index in [2.05, 4.69) is 10.6 Å². The van der Waals surface area contributed by atoms with Crippen LogP contribution in [0.15, 0.2) is 0 Å². The first-order valence-corrected chi connectivity index (χ1v) is 7.30. The van der Waals surface area contributed by atoms with Crippen molar-refractivity contribution in [1.29, 1.82) is 0 Å². The average Bonchev–Trinajstić information content (AvgIpc) is 2.37. The normalized spacial score (nSPS) is 23.2. The third-order valence-electron chi connectivity index (χ3n) is 3.69. The summed E-state index contributed by atoms with van der Waals surface area (Å²) in [7, 11) is 0. The van der Waals surface area contributed by atoms with Crippen LogP contribution < -0.4 is 16.4 Å². The molecule has 1 aliphatic carbocycles.